The fourth-order valence-electron chi connectivity index (χ4n) is 4.18. The van der Waals surface area contributed by atoms with Gasteiger partial charge in [-0.2, -0.15) is 0 Å². The summed E-state index contributed by atoms with van der Waals surface area (Å²) in [7, 11) is -1.78. The minimum Gasteiger partial charge on any atom is -0.413 e. The second-order valence-electron chi connectivity index (χ2n) is 9.14. The normalized spacial score (nSPS) is 36.0. The molecule has 0 aromatic heterocycles. The van der Waals surface area contributed by atoms with Gasteiger partial charge in [-0.25, -0.2) is 0 Å². The largest absolute Gasteiger partial charge is 0.413 e. The first kappa shape index (κ1) is 17.9. The van der Waals surface area contributed by atoms with E-state index in [0.29, 0.717) is 12.5 Å². The van der Waals surface area contributed by atoms with Gasteiger partial charge in [-0.1, -0.05) is 46.3 Å². The van der Waals surface area contributed by atoms with Crippen molar-refractivity contribution < 1.29 is 9.22 Å². The Balaban J connectivity index is 2.33. The second kappa shape index (κ2) is 5.90. The predicted molar refractivity (Wildman–Crippen MR) is 95.5 cm³/mol. The molecule has 0 heterocycles. The van der Waals surface area contributed by atoms with Crippen LogP contribution in [-0.4, -0.2) is 20.7 Å². The molecule has 3 atom stereocenters. The van der Waals surface area contributed by atoms with Gasteiger partial charge in [0.2, 0.25) is 0 Å². The summed E-state index contributed by atoms with van der Waals surface area (Å²) in [4.78, 5) is 11.4. The first-order valence-corrected chi connectivity index (χ1v) is 11.8. The monoisotopic (exact) mass is 322 g/mol. The van der Waals surface area contributed by atoms with Gasteiger partial charge >= 0.3 is 0 Å². The summed E-state index contributed by atoms with van der Waals surface area (Å²) in [6, 6.07) is 0. The number of allylic oxidation sites excluding steroid dienone is 2. The summed E-state index contributed by atoms with van der Waals surface area (Å²) < 4.78 is 6.88. The fourth-order valence-corrected chi connectivity index (χ4v) is 5.62. The van der Waals surface area contributed by atoms with Crippen molar-refractivity contribution in [2.24, 2.45) is 10.8 Å². The second-order valence-corrected chi connectivity index (χ2v) is 13.9. The molecule has 0 saturated heterocycles. The maximum absolute atomic E-state index is 11.4. The number of aldehydes is 1. The van der Waals surface area contributed by atoms with Crippen molar-refractivity contribution in [1.82, 2.24) is 0 Å². The molecule has 0 unspecified atom stereocenters. The minimum atomic E-state index is -1.78. The third-order valence-corrected chi connectivity index (χ3v) is 11.4. The van der Waals surface area contributed by atoms with Crippen LogP contribution in [0, 0.1) is 10.8 Å². The molecule has 0 radical (unpaired) electrons. The Labute approximate surface area is 137 Å². The quantitative estimate of drug-likeness (QED) is 0.388. The highest BCUT2D eigenvalue weighted by Gasteiger charge is 2.55. The summed E-state index contributed by atoms with van der Waals surface area (Å²) in [5.41, 5.74) is 0.134. The van der Waals surface area contributed by atoms with Crippen molar-refractivity contribution in [3.63, 3.8) is 0 Å². The zero-order valence-electron chi connectivity index (χ0n) is 15.4. The highest BCUT2D eigenvalue weighted by molar-refractivity contribution is 6.74. The van der Waals surface area contributed by atoms with Crippen LogP contribution in [0.5, 0.6) is 0 Å². The van der Waals surface area contributed by atoms with E-state index in [1.54, 1.807) is 0 Å². The zero-order valence-corrected chi connectivity index (χ0v) is 16.4. The predicted octanol–water partition coefficient (Wildman–Crippen LogP) is 5.49. The summed E-state index contributed by atoms with van der Waals surface area (Å²) in [6.07, 6.45) is 12.4. The molecule has 3 heteroatoms. The Bertz CT molecular complexity index is 449. The van der Waals surface area contributed by atoms with Crippen LogP contribution in [-0.2, 0) is 9.22 Å². The Kier molecular flexibility index (Phi) is 4.81. The summed E-state index contributed by atoms with van der Waals surface area (Å²) >= 11 is 0. The van der Waals surface area contributed by atoms with E-state index in [-0.39, 0.29) is 15.9 Å². The molecule has 1 saturated carbocycles. The van der Waals surface area contributed by atoms with E-state index in [4.69, 9.17) is 4.43 Å². The molecule has 2 rings (SSSR count). The highest BCUT2D eigenvalue weighted by Crippen LogP contribution is 2.59. The lowest BCUT2D eigenvalue weighted by Crippen LogP contribution is -2.56. The zero-order chi connectivity index (χ0) is 16.6. The number of carbonyl (C=O) groups excluding carboxylic acids is 1. The Hall–Kier alpha value is -0.413. The molecule has 0 bridgehead atoms. The van der Waals surface area contributed by atoms with Crippen LogP contribution in [0.15, 0.2) is 12.2 Å². The van der Waals surface area contributed by atoms with Crippen molar-refractivity contribution in [2.75, 3.05) is 0 Å². The maximum atomic E-state index is 11.4. The maximum Gasteiger partial charge on any atom is 0.192 e. The number of carbonyl (C=O) groups is 1. The lowest BCUT2D eigenvalue weighted by atomic mass is 9.51. The SMILES string of the molecule is CC(C)(C)[Si](C)(C)O[C@H]1CCC[C@]2(CC=O)C=CCC[C@]12C. The van der Waals surface area contributed by atoms with Crippen LogP contribution in [0.2, 0.25) is 18.1 Å². The molecule has 1 fully saturated rings. The first-order valence-electron chi connectivity index (χ1n) is 8.87. The molecule has 126 valence electrons. The number of rotatable bonds is 4. The van der Waals surface area contributed by atoms with E-state index in [1.807, 2.05) is 0 Å². The van der Waals surface area contributed by atoms with Crippen LogP contribution < -0.4 is 0 Å². The fraction of sp³-hybridized carbons (Fsp3) is 0.842. The number of hydrogen-bond donors (Lipinski definition) is 0. The molecule has 0 N–H and O–H groups in total. The lowest BCUT2D eigenvalue weighted by molar-refractivity contribution is -0.119. The van der Waals surface area contributed by atoms with Gasteiger partial charge in [0.05, 0.1) is 6.10 Å². The van der Waals surface area contributed by atoms with Crippen LogP contribution in [0.25, 0.3) is 0 Å². The van der Waals surface area contributed by atoms with Crippen molar-refractivity contribution in [3.05, 3.63) is 12.2 Å². The van der Waals surface area contributed by atoms with Crippen LogP contribution in [0.4, 0.5) is 0 Å². The molecule has 0 aromatic carbocycles. The molecule has 0 amide bonds. The van der Waals surface area contributed by atoms with Gasteiger partial charge in [0.15, 0.2) is 8.32 Å². The molecule has 0 aromatic rings. The molecule has 0 aliphatic heterocycles. The van der Waals surface area contributed by atoms with Gasteiger partial charge in [-0.3, -0.25) is 0 Å². The Morgan fingerprint density at radius 3 is 2.59 bits per heavy atom. The van der Waals surface area contributed by atoms with Gasteiger partial charge in [0.25, 0.3) is 0 Å². The molecule has 2 aliphatic carbocycles. The average molecular weight is 323 g/mol. The van der Waals surface area contributed by atoms with Crippen molar-refractivity contribution >= 4 is 14.6 Å². The van der Waals surface area contributed by atoms with E-state index in [0.717, 1.165) is 32.0 Å². The Morgan fingerprint density at radius 1 is 1.32 bits per heavy atom. The van der Waals surface area contributed by atoms with Crippen LogP contribution in [0.3, 0.4) is 0 Å². The van der Waals surface area contributed by atoms with Crippen molar-refractivity contribution in [3.8, 4) is 0 Å². The van der Waals surface area contributed by atoms with E-state index in [2.05, 4.69) is 52.9 Å². The van der Waals surface area contributed by atoms with Crippen molar-refractivity contribution in [2.45, 2.75) is 90.5 Å². The van der Waals surface area contributed by atoms with Gasteiger partial charge in [0.1, 0.15) is 6.29 Å². The topological polar surface area (TPSA) is 26.3 Å². The Morgan fingerprint density at radius 2 is 2.00 bits per heavy atom. The molecule has 22 heavy (non-hydrogen) atoms. The van der Waals surface area contributed by atoms with E-state index in [1.165, 1.54) is 6.42 Å². The van der Waals surface area contributed by atoms with Gasteiger partial charge < -0.3 is 9.22 Å². The molecular formula is C19H34O2Si. The van der Waals surface area contributed by atoms with Crippen LogP contribution in [0.1, 0.15) is 66.2 Å². The summed E-state index contributed by atoms with van der Waals surface area (Å²) in [5.74, 6) is 0. The molecule has 0 spiro atoms. The first-order chi connectivity index (χ1) is 10.1. The molecule has 2 nitrogen and oxygen atoms in total. The van der Waals surface area contributed by atoms with Gasteiger partial charge in [0, 0.05) is 17.3 Å². The van der Waals surface area contributed by atoms with Crippen molar-refractivity contribution in [1.29, 1.82) is 0 Å². The minimum absolute atomic E-state index is 0.0261. The number of hydrogen-bond acceptors (Lipinski definition) is 2. The summed E-state index contributed by atoms with van der Waals surface area (Å²) in [5, 5.41) is 0.235. The third-order valence-electron chi connectivity index (χ3n) is 6.90. The average Bonchev–Trinajstić information content (AvgIpc) is 2.39. The lowest BCUT2D eigenvalue weighted by Gasteiger charge is -2.58. The van der Waals surface area contributed by atoms with Crippen LogP contribution >= 0.6 is 0 Å². The highest BCUT2D eigenvalue weighted by atomic mass is 28.4. The van der Waals surface area contributed by atoms with E-state index < -0.39 is 8.32 Å². The smallest absolute Gasteiger partial charge is 0.192 e. The summed E-state index contributed by atoms with van der Waals surface area (Å²) in [6.45, 7) is 14.0. The number of fused-ring (bicyclic) bond motifs is 1. The third kappa shape index (κ3) is 2.87. The van der Waals surface area contributed by atoms with Gasteiger partial charge in [-0.05, 0) is 43.8 Å². The molecular weight excluding hydrogens is 288 g/mol. The van der Waals surface area contributed by atoms with E-state index >= 15 is 0 Å². The van der Waals surface area contributed by atoms with E-state index in [9.17, 15) is 4.79 Å². The molecule has 2 aliphatic rings. The standard InChI is InChI=1S/C19H34O2Si/c1-17(2,3)22(5,6)21-16-10-9-13-19(14-15-20)12-8-7-11-18(16,19)4/h8,12,15-16H,7,9-11,13-14H2,1-6H3/t16-,18+,19-/m0/s1. The van der Waals surface area contributed by atoms with Gasteiger partial charge in [-0.15, -0.1) is 0 Å².